The SMILES string of the molecule is CCNC(=NCc1cccnc1OCCOC)NCC(O)c1ccc(OC(C)C)cc1.I. The number of halogens is 1. The number of methoxy groups -OCH3 is 1. The van der Waals surface area contributed by atoms with Gasteiger partial charge in [-0.25, -0.2) is 9.98 Å². The molecule has 0 saturated heterocycles. The molecule has 0 amide bonds. The molecule has 0 saturated carbocycles. The van der Waals surface area contributed by atoms with E-state index in [1.165, 1.54) is 0 Å². The first-order valence-electron chi connectivity index (χ1n) is 10.6. The molecule has 1 heterocycles. The fourth-order valence-electron chi connectivity index (χ4n) is 2.75. The Labute approximate surface area is 207 Å². The summed E-state index contributed by atoms with van der Waals surface area (Å²) < 4.78 is 16.3. The van der Waals surface area contributed by atoms with Crippen LogP contribution in [0.4, 0.5) is 0 Å². The van der Waals surface area contributed by atoms with Gasteiger partial charge >= 0.3 is 0 Å². The largest absolute Gasteiger partial charge is 0.491 e. The number of guanidine groups is 1. The van der Waals surface area contributed by atoms with Crippen LogP contribution in [0.2, 0.25) is 0 Å². The van der Waals surface area contributed by atoms with Crippen LogP contribution < -0.4 is 20.1 Å². The van der Waals surface area contributed by atoms with Gasteiger partial charge in [0.05, 0.1) is 25.4 Å². The van der Waals surface area contributed by atoms with Crippen molar-refractivity contribution >= 4 is 29.9 Å². The minimum Gasteiger partial charge on any atom is -0.491 e. The average Bonchev–Trinajstić information content (AvgIpc) is 2.76. The quantitative estimate of drug-likeness (QED) is 0.159. The van der Waals surface area contributed by atoms with Gasteiger partial charge in [-0.15, -0.1) is 24.0 Å². The van der Waals surface area contributed by atoms with E-state index < -0.39 is 6.10 Å². The molecule has 1 unspecified atom stereocenters. The first-order valence-corrected chi connectivity index (χ1v) is 10.6. The van der Waals surface area contributed by atoms with Crippen molar-refractivity contribution in [1.82, 2.24) is 15.6 Å². The van der Waals surface area contributed by atoms with E-state index in [2.05, 4.69) is 20.6 Å². The molecule has 3 N–H and O–H groups in total. The number of nitrogens with one attached hydrogen (secondary N) is 2. The third-order valence-corrected chi connectivity index (χ3v) is 4.23. The average molecular weight is 558 g/mol. The van der Waals surface area contributed by atoms with E-state index in [-0.39, 0.29) is 30.1 Å². The van der Waals surface area contributed by atoms with Crippen LogP contribution in [0.25, 0.3) is 0 Å². The second kappa shape index (κ2) is 15.7. The van der Waals surface area contributed by atoms with Crippen LogP contribution in [-0.4, -0.2) is 55.6 Å². The maximum Gasteiger partial charge on any atom is 0.218 e. The van der Waals surface area contributed by atoms with Gasteiger partial charge in [0.1, 0.15) is 12.4 Å². The van der Waals surface area contributed by atoms with E-state index in [0.29, 0.717) is 44.7 Å². The van der Waals surface area contributed by atoms with Gasteiger partial charge in [0.15, 0.2) is 5.96 Å². The van der Waals surface area contributed by atoms with Crippen molar-refractivity contribution in [3.63, 3.8) is 0 Å². The highest BCUT2D eigenvalue weighted by Gasteiger charge is 2.10. The van der Waals surface area contributed by atoms with Crippen molar-refractivity contribution in [2.45, 2.75) is 39.5 Å². The van der Waals surface area contributed by atoms with Crippen molar-refractivity contribution in [3.8, 4) is 11.6 Å². The van der Waals surface area contributed by atoms with Crippen LogP contribution in [0.15, 0.2) is 47.6 Å². The monoisotopic (exact) mass is 558 g/mol. The topological polar surface area (TPSA) is 97.2 Å². The molecule has 32 heavy (non-hydrogen) atoms. The number of rotatable bonds is 12. The molecule has 0 radical (unpaired) electrons. The maximum atomic E-state index is 10.5. The number of pyridine rings is 1. The van der Waals surface area contributed by atoms with Crippen molar-refractivity contribution in [2.75, 3.05) is 33.4 Å². The summed E-state index contributed by atoms with van der Waals surface area (Å²) in [6.45, 7) is 8.28. The lowest BCUT2D eigenvalue weighted by Gasteiger charge is -2.16. The molecule has 0 aliphatic rings. The van der Waals surface area contributed by atoms with Crippen molar-refractivity contribution in [1.29, 1.82) is 0 Å². The molecule has 0 fully saturated rings. The molecule has 0 aliphatic heterocycles. The molecular weight excluding hydrogens is 523 g/mol. The molecule has 1 atom stereocenters. The number of benzene rings is 1. The van der Waals surface area contributed by atoms with Gasteiger partial charge in [-0.3, -0.25) is 0 Å². The fourth-order valence-corrected chi connectivity index (χ4v) is 2.75. The van der Waals surface area contributed by atoms with Gasteiger partial charge in [0.25, 0.3) is 0 Å². The Balaban J connectivity index is 0.00000512. The summed E-state index contributed by atoms with van der Waals surface area (Å²) in [6.07, 6.45) is 1.12. The highest BCUT2D eigenvalue weighted by atomic mass is 127. The number of aliphatic hydroxyl groups excluding tert-OH is 1. The highest BCUT2D eigenvalue weighted by molar-refractivity contribution is 14.0. The third kappa shape index (κ3) is 10.0. The van der Waals surface area contributed by atoms with Crippen molar-refractivity contribution in [2.24, 2.45) is 4.99 Å². The standard InChI is InChI=1S/C23H34N4O4.HI/c1-5-24-23(26-15-19-7-6-12-25-22(19)30-14-13-29-4)27-16-21(28)18-8-10-20(11-9-18)31-17(2)3;/h6-12,17,21,28H,5,13-16H2,1-4H3,(H2,24,26,27);1H. The second-order valence-electron chi connectivity index (χ2n) is 7.14. The summed E-state index contributed by atoms with van der Waals surface area (Å²) in [4.78, 5) is 8.87. The summed E-state index contributed by atoms with van der Waals surface area (Å²) >= 11 is 0. The first-order chi connectivity index (χ1) is 15.0. The molecule has 178 valence electrons. The third-order valence-electron chi connectivity index (χ3n) is 4.23. The smallest absolute Gasteiger partial charge is 0.218 e. The molecule has 2 aromatic rings. The Bertz CT molecular complexity index is 803. The summed E-state index contributed by atoms with van der Waals surface area (Å²) in [5.74, 6) is 1.93. The molecular formula is C23H35IN4O4. The Morgan fingerprint density at radius 3 is 2.53 bits per heavy atom. The van der Waals surface area contributed by atoms with Gasteiger partial charge in [-0.05, 0) is 44.5 Å². The zero-order chi connectivity index (χ0) is 22.5. The van der Waals surface area contributed by atoms with Crippen molar-refractivity contribution in [3.05, 3.63) is 53.7 Å². The number of nitrogens with zero attached hydrogens (tertiary/aromatic N) is 2. The molecule has 1 aromatic carbocycles. The van der Waals surface area contributed by atoms with E-state index in [1.807, 2.05) is 57.2 Å². The Morgan fingerprint density at radius 1 is 1.12 bits per heavy atom. The Morgan fingerprint density at radius 2 is 1.88 bits per heavy atom. The summed E-state index contributed by atoms with van der Waals surface area (Å²) in [5, 5.41) is 16.9. The number of aromatic nitrogens is 1. The molecule has 0 aliphatic carbocycles. The van der Waals surface area contributed by atoms with Crippen LogP contribution in [0, 0.1) is 0 Å². The van der Waals surface area contributed by atoms with Gasteiger partial charge < -0.3 is 30.0 Å². The van der Waals surface area contributed by atoms with Crippen LogP contribution in [-0.2, 0) is 11.3 Å². The number of ether oxygens (including phenoxy) is 3. The number of hydrogen-bond donors (Lipinski definition) is 3. The molecule has 0 spiro atoms. The van der Waals surface area contributed by atoms with E-state index in [4.69, 9.17) is 14.2 Å². The minimum absolute atomic E-state index is 0. The zero-order valence-corrected chi connectivity index (χ0v) is 21.5. The lowest BCUT2D eigenvalue weighted by Crippen LogP contribution is -2.39. The van der Waals surface area contributed by atoms with Crippen molar-refractivity contribution < 1.29 is 19.3 Å². The van der Waals surface area contributed by atoms with E-state index in [9.17, 15) is 5.11 Å². The number of aliphatic imine (C=N–C) groups is 1. The summed E-state index contributed by atoms with van der Waals surface area (Å²) in [7, 11) is 1.63. The van der Waals surface area contributed by atoms with Gasteiger partial charge in [-0.1, -0.05) is 18.2 Å². The highest BCUT2D eigenvalue weighted by Crippen LogP contribution is 2.18. The van der Waals surface area contributed by atoms with Crippen LogP contribution in [0.1, 0.15) is 38.0 Å². The number of aliphatic hydroxyl groups is 1. The molecule has 9 heteroatoms. The van der Waals surface area contributed by atoms with Gasteiger partial charge in [0, 0.05) is 32.0 Å². The zero-order valence-electron chi connectivity index (χ0n) is 19.2. The Hall–Kier alpha value is -2.11. The summed E-state index contributed by atoms with van der Waals surface area (Å²) in [5.41, 5.74) is 1.68. The van der Waals surface area contributed by atoms with Gasteiger partial charge in [0.2, 0.25) is 5.88 Å². The van der Waals surface area contributed by atoms with Crippen LogP contribution in [0.5, 0.6) is 11.6 Å². The predicted molar refractivity (Wildman–Crippen MR) is 137 cm³/mol. The number of hydrogen-bond acceptors (Lipinski definition) is 6. The van der Waals surface area contributed by atoms with E-state index in [1.54, 1.807) is 13.3 Å². The summed E-state index contributed by atoms with van der Waals surface area (Å²) in [6, 6.07) is 11.3. The van der Waals surface area contributed by atoms with Crippen LogP contribution >= 0.6 is 24.0 Å². The Kier molecular flexibility index (Phi) is 13.7. The minimum atomic E-state index is -0.678. The maximum absolute atomic E-state index is 10.5. The lowest BCUT2D eigenvalue weighted by molar-refractivity contribution is 0.143. The normalized spacial score (nSPS) is 12.1. The molecule has 2 rings (SSSR count). The second-order valence-corrected chi connectivity index (χ2v) is 7.14. The van der Waals surface area contributed by atoms with E-state index in [0.717, 1.165) is 16.9 Å². The van der Waals surface area contributed by atoms with Gasteiger partial charge in [-0.2, -0.15) is 0 Å². The first kappa shape index (κ1) is 27.9. The van der Waals surface area contributed by atoms with E-state index >= 15 is 0 Å². The lowest BCUT2D eigenvalue weighted by atomic mass is 10.1. The molecule has 0 bridgehead atoms. The molecule has 1 aromatic heterocycles. The predicted octanol–water partition coefficient (Wildman–Crippen LogP) is 3.30. The molecule has 8 nitrogen and oxygen atoms in total. The fraction of sp³-hybridized carbons (Fsp3) is 0.478. The van der Waals surface area contributed by atoms with Crippen LogP contribution in [0.3, 0.4) is 0 Å².